The first-order chi connectivity index (χ1) is 13.9. The molecule has 0 spiro atoms. The standard InChI is InChI=1S/C24H27NO4/c1-6-28-22-13-23-21(16(3)17(4)29-23)12-20(22)15(2)10-24(26)25-14-18-8-7-9-19(11-18)27-5/h7-13H,6,14H2,1-5H3,(H,25,26)/b15-10+. The van der Waals surface area contributed by atoms with E-state index in [1.54, 1.807) is 13.2 Å². The Morgan fingerprint density at radius 3 is 2.72 bits per heavy atom. The minimum Gasteiger partial charge on any atom is -0.497 e. The number of hydrogen-bond acceptors (Lipinski definition) is 4. The molecule has 0 aliphatic heterocycles. The second-order valence-corrected chi connectivity index (χ2v) is 6.96. The second-order valence-electron chi connectivity index (χ2n) is 6.96. The van der Waals surface area contributed by atoms with Gasteiger partial charge in [-0.25, -0.2) is 0 Å². The van der Waals surface area contributed by atoms with E-state index in [2.05, 4.69) is 5.32 Å². The van der Waals surface area contributed by atoms with Gasteiger partial charge in [-0.15, -0.1) is 0 Å². The molecule has 0 atom stereocenters. The Balaban J connectivity index is 1.83. The quantitative estimate of drug-likeness (QED) is 0.562. The number of hydrogen-bond donors (Lipinski definition) is 1. The molecule has 0 radical (unpaired) electrons. The zero-order valence-corrected chi connectivity index (χ0v) is 17.6. The minimum absolute atomic E-state index is 0.159. The van der Waals surface area contributed by atoms with Gasteiger partial charge in [0.05, 0.1) is 13.7 Å². The summed E-state index contributed by atoms with van der Waals surface area (Å²) in [6, 6.07) is 11.6. The molecule has 0 aliphatic carbocycles. The Morgan fingerprint density at radius 1 is 1.21 bits per heavy atom. The third-order valence-corrected chi connectivity index (χ3v) is 4.95. The second kappa shape index (κ2) is 8.86. The van der Waals surface area contributed by atoms with Crippen LogP contribution in [0.1, 0.15) is 36.3 Å². The van der Waals surface area contributed by atoms with E-state index in [0.717, 1.165) is 44.7 Å². The van der Waals surface area contributed by atoms with E-state index in [0.29, 0.717) is 18.9 Å². The molecule has 0 bridgehead atoms. The van der Waals surface area contributed by atoms with Gasteiger partial charge in [0, 0.05) is 29.6 Å². The van der Waals surface area contributed by atoms with Crippen LogP contribution in [0.25, 0.3) is 16.5 Å². The Morgan fingerprint density at radius 2 is 2.00 bits per heavy atom. The number of amides is 1. The van der Waals surface area contributed by atoms with Gasteiger partial charge in [-0.3, -0.25) is 4.79 Å². The lowest BCUT2D eigenvalue weighted by Gasteiger charge is -2.11. The average molecular weight is 393 g/mol. The van der Waals surface area contributed by atoms with Crippen molar-refractivity contribution in [2.45, 2.75) is 34.2 Å². The lowest BCUT2D eigenvalue weighted by atomic mass is 10.0. The van der Waals surface area contributed by atoms with Crippen LogP contribution in [0.15, 0.2) is 46.9 Å². The van der Waals surface area contributed by atoms with Crippen LogP contribution in [0.2, 0.25) is 0 Å². The van der Waals surface area contributed by atoms with Crippen LogP contribution in [0.3, 0.4) is 0 Å². The molecule has 0 fully saturated rings. The zero-order valence-electron chi connectivity index (χ0n) is 17.6. The Labute approximate surface area is 171 Å². The van der Waals surface area contributed by atoms with Gasteiger partial charge in [0.1, 0.15) is 22.8 Å². The summed E-state index contributed by atoms with van der Waals surface area (Å²) in [5.41, 5.74) is 4.59. The number of furan rings is 1. The fourth-order valence-electron chi connectivity index (χ4n) is 3.25. The third-order valence-electron chi connectivity index (χ3n) is 4.95. The maximum atomic E-state index is 12.5. The van der Waals surface area contributed by atoms with Crippen molar-refractivity contribution in [1.82, 2.24) is 5.32 Å². The summed E-state index contributed by atoms with van der Waals surface area (Å²) in [7, 11) is 1.62. The highest BCUT2D eigenvalue weighted by Crippen LogP contribution is 2.35. The molecule has 1 aromatic heterocycles. The highest BCUT2D eigenvalue weighted by atomic mass is 16.5. The van der Waals surface area contributed by atoms with E-state index in [1.165, 1.54) is 0 Å². The van der Waals surface area contributed by atoms with E-state index < -0.39 is 0 Å². The van der Waals surface area contributed by atoms with Crippen molar-refractivity contribution < 1.29 is 18.7 Å². The van der Waals surface area contributed by atoms with Crippen molar-refractivity contribution in [3.05, 3.63) is 64.9 Å². The maximum Gasteiger partial charge on any atom is 0.244 e. The maximum absolute atomic E-state index is 12.5. The molecule has 1 N–H and O–H groups in total. The highest BCUT2D eigenvalue weighted by Gasteiger charge is 2.14. The number of rotatable bonds is 7. The van der Waals surface area contributed by atoms with Crippen LogP contribution in [0.5, 0.6) is 11.5 Å². The van der Waals surface area contributed by atoms with Crippen molar-refractivity contribution in [3.63, 3.8) is 0 Å². The minimum atomic E-state index is -0.159. The fraction of sp³-hybridized carbons (Fsp3) is 0.292. The van der Waals surface area contributed by atoms with Crippen molar-refractivity contribution >= 4 is 22.4 Å². The number of carbonyl (C=O) groups is 1. The molecule has 0 saturated heterocycles. The summed E-state index contributed by atoms with van der Waals surface area (Å²) < 4.78 is 16.8. The number of nitrogens with one attached hydrogen (secondary N) is 1. The summed E-state index contributed by atoms with van der Waals surface area (Å²) in [6.07, 6.45) is 1.60. The average Bonchev–Trinajstić information content (AvgIpc) is 2.99. The molecular formula is C24H27NO4. The Hall–Kier alpha value is -3.21. The molecule has 0 saturated carbocycles. The molecule has 2 aromatic carbocycles. The summed E-state index contributed by atoms with van der Waals surface area (Å²) in [5.74, 6) is 2.21. The fourth-order valence-corrected chi connectivity index (χ4v) is 3.25. The van der Waals surface area contributed by atoms with Crippen LogP contribution in [-0.4, -0.2) is 19.6 Å². The molecule has 3 aromatic rings. The molecule has 152 valence electrons. The molecule has 0 aliphatic rings. The molecule has 0 unspecified atom stereocenters. The summed E-state index contributed by atoms with van der Waals surface area (Å²) >= 11 is 0. The van der Waals surface area contributed by atoms with Crippen LogP contribution < -0.4 is 14.8 Å². The topological polar surface area (TPSA) is 60.7 Å². The lowest BCUT2D eigenvalue weighted by Crippen LogP contribution is -2.20. The smallest absolute Gasteiger partial charge is 0.244 e. The monoisotopic (exact) mass is 393 g/mol. The summed E-state index contributed by atoms with van der Waals surface area (Å²) in [6.45, 7) is 8.79. The first-order valence-electron chi connectivity index (χ1n) is 9.69. The van der Waals surface area contributed by atoms with Crippen LogP contribution in [0.4, 0.5) is 0 Å². The zero-order chi connectivity index (χ0) is 21.0. The van der Waals surface area contributed by atoms with Crippen LogP contribution in [0, 0.1) is 13.8 Å². The van der Waals surface area contributed by atoms with Crippen LogP contribution >= 0.6 is 0 Å². The van der Waals surface area contributed by atoms with Gasteiger partial charge in [-0.2, -0.15) is 0 Å². The number of aryl methyl sites for hydroxylation is 2. The molecule has 5 heteroatoms. The van der Waals surface area contributed by atoms with E-state index in [-0.39, 0.29) is 5.91 Å². The largest absolute Gasteiger partial charge is 0.497 e. The SMILES string of the molecule is CCOc1cc2oc(C)c(C)c2cc1/C(C)=C/C(=O)NCc1cccc(OC)c1. The van der Waals surface area contributed by atoms with Crippen molar-refractivity contribution in [3.8, 4) is 11.5 Å². The van der Waals surface area contributed by atoms with Gasteiger partial charge in [-0.1, -0.05) is 12.1 Å². The molecule has 1 amide bonds. The molecule has 3 rings (SSSR count). The normalized spacial score (nSPS) is 11.6. The molecule has 5 nitrogen and oxygen atoms in total. The van der Waals surface area contributed by atoms with Gasteiger partial charge in [0.25, 0.3) is 0 Å². The first kappa shape index (κ1) is 20.5. The van der Waals surface area contributed by atoms with Crippen molar-refractivity contribution in [2.24, 2.45) is 0 Å². The molecule has 1 heterocycles. The van der Waals surface area contributed by atoms with Gasteiger partial charge in [0.15, 0.2) is 0 Å². The predicted octanol–water partition coefficient (Wildman–Crippen LogP) is 5.18. The molecular weight excluding hydrogens is 366 g/mol. The van der Waals surface area contributed by atoms with Crippen molar-refractivity contribution in [2.75, 3.05) is 13.7 Å². The van der Waals surface area contributed by atoms with Crippen LogP contribution in [-0.2, 0) is 11.3 Å². The predicted molar refractivity (Wildman–Crippen MR) is 115 cm³/mol. The van der Waals surface area contributed by atoms with E-state index in [4.69, 9.17) is 13.9 Å². The first-order valence-corrected chi connectivity index (χ1v) is 9.69. The van der Waals surface area contributed by atoms with E-state index in [9.17, 15) is 4.79 Å². The van der Waals surface area contributed by atoms with E-state index >= 15 is 0 Å². The number of carbonyl (C=O) groups excluding carboxylic acids is 1. The number of fused-ring (bicyclic) bond motifs is 1. The van der Waals surface area contributed by atoms with Gasteiger partial charge in [-0.05, 0) is 62.6 Å². The molecule has 29 heavy (non-hydrogen) atoms. The number of methoxy groups -OCH3 is 1. The highest BCUT2D eigenvalue weighted by molar-refractivity contribution is 5.97. The van der Waals surface area contributed by atoms with Gasteiger partial charge >= 0.3 is 0 Å². The Bertz CT molecular complexity index is 1060. The number of benzene rings is 2. The summed E-state index contributed by atoms with van der Waals surface area (Å²) in [5, 5.41) is 3.96. The number of ether oxygens (including phenoxy) is 2. The number of allylic oxidation sites excluding steroid dienone is 1. The van der Waals surface area contributed by atoms with Crippen molar-refractivity contribution in [1.29, 1.82) is 0 Å². The summed E-state index contributed by atoms with van der Waals surface area (Å²) in [4.78, 5) is 12.5. The van der Waals surface area contributed by atoms with E-state index in [1.807, 2.05) is 64.1 Å². The third kappa shape index (κ3) is 4.62. The lowest BCUT2D eigenvalue weighted by molar-refractivity contribution is -0.116. The van der Waals surface area contributed by atoms with Gasteiger partial charge < -0.3 is 19.2 Å². The van der Waals surface area contributed by atoms with Gasteiger partial charge in [0.2, 0.25) is 5.91 Å². The Kier molecular flexibility index (Phi) is 6.27.